The highest BCUT2D eigenvalue weighted by atomic mass is 32.2. The minimum absolute atomic E-state index is 0.124. The van der Waals surface area contributed by atoms with Gasteiger partial charge in [-0.3, -0.25) is 0 Å². The predicted molar refractivity (Wildman–Crippen MR) is 230 cm³/mol. The van der Waals surface area contributed by atoms with E-state index in [1.54, 1.807) is 0 Å². The van der Waals surface area contributed by atoms with E-state index < -0.39 is 44.3 Å². The van der Waals surface area contributed by atoms with Crippen LogP contribution in [0, 0.1) is 0 Å². The molecule has 0 spiro atoms. The second kappa shape index (κ2) is 15.3. The number of aromatic nitrogens is 3. The zero-order chi connectivity index (χ0) is 44.1. The van der Waals surface area contributed by atoms with Gasteiger partial charge in [0.25, 0.3) is 0 Å². The minimum Gasteiger partial charge on any atom is -0.334 e. The molecule has 0 bridgehead atoms. The van der Waals surface area contributed by atoms with Crippen LogP contribution in [-0.2, 0) is 20.8 Å². The van der Waals surface area contributed by atoms with Crippen molar-refractivity contribution in [1.82, 2.24) is 35.2 Å². The van der Waals surface area contributed by atoms with Crippen LogP contribution in [0.25, 0.3) is 0 Å². The summed E-state index contributed by atoms with van der Waals surface area (Å²) in [5.41, 5.74) is -5.40. The summed E-state index contributed by atoms with van der Waals surface area (Å²) >= 11 is 1.49. The number of piperidine rings is 4. The summed E-state index contributed by atoms with van der Waals surface area (Å²) < 4.78 is 0. The molecule has 4 saturated heterocycles. The van der Waals surface area contributed by atoms with E-state index in [-0.39, 0.29) is 24.2 Å². The average Bonchev–Trinajstić information content (AvgIpc) is 3.07. The van der Waals surface area contributed by atoms with Gasteiger partial charge in [-0.25, -0.2) is 0 Å². The Labute approximate surface area is 359 Å². The molecule has 14 heteroatoms. The van der Waals surface area contributed by atoms with Crippen molar-refractivity contribution in [3.8, 4) is 0 Å². The third kappa shape index (κ3) is 9.04. The van der Waals surface area contributed by atoms with Crippen molar-refractivity contribution < 1.29 is 20.8 Å². The lowest BCUT2D eigenvalue weighted by Gasteiger charge is -2.57. The molecule has 0 N–H and O–H groups in total. The molecule has 6 rings (SSSR count). The largest absolute Gasteiger partial charge is 0.334 e. The van der Waals surface area contributed by atoms with E-state index in [4.69, 9.17) is 15.0 Å². The molecule has 5 heterocycles. The van der Waals surface area contributed by atoms with Crippen LogP contribution in [0.2, 0.25) is 0 Å². The van der Waals surface area contributed by atoms with E-state index in [2.05, 4.69) is 21.9 Å². The van der Waals surface area contributed by atoms with Gasteiger partial charge in [-0.05, 0) is 186 Å². The van der Waals surface area contributed by atoms with E-state index in [0.29, 0.717) is 68.4 Å². The van der Waals surface area contributed by atoms with Crippen LogP contribution in [0.4, 0.5) is 11.9 Å². The standard InChI is InChI=1S/C45H73N9O4S/c1-38(2)22-30(23-39(3,4)51(38)55)49(31-24-40(5,6)52(56)41(7,8)25-31)35-46-36(48-37(47-35)59-34-20-18-17-19-21-34)50(32-26-42(9,10)53(57)43(11,12)27-32)33-28-44(13,14)54(58)45(15,16)29-33/h17-21,30-33H,22-29H2,1-16H3. The smallest absolute Gasteiger partial charge is 0.231 e. The summed E-state index contributed by atoms with van der Waals surface area (Å²) in [6.07, 6.45) is 4.66. The van der Waals surface area contributed by atoms with Gasteiger partial charge in [0.1, 0.15) is 0 Å². The number of hydrogen-bond acceptors (Lipinski definition) is 10. The number of benzene rings is 1. The summed E-state index contributed by atoms with van der Waals surface area (Å²) in [6, 6.07) is 9.62. The average molecular weight is 836 g/mol. The molecule has 0 saturated carbocycles. The van der Waals surface area contributed by atoms with E-state index in [0.717, 1.165) is 4.90 Å². The molecule has 4 aliphatic heterocycles. The molecule has 0 unspecified atom stereocenters. The summed E-state index contributed by atoms with van der Waals surface area (Å²) in [4.78, 5) is 22.0. The molecular formula is C45H73N9O4S. The maximum atomic E-state index is 13.9. The molecule has 4 fully saturated rings. The van der Waals surface area contributed by atoms with E-state index in [1.807, 2.05) is 129 Å². The highest BCUT2D eigenvalue weighted by molar-refractivity contribution is 7.99. The van der Waals surface area contributed by atoms with Gasteiger partial charge >= 0.3 is 0 Å². The molecular weight excluding hydrogens is 763 g/mol. The lowest BCUT2D eigenvalue weighted by molar-refractivity contribution is -0.294. The summed E-state index contributed by atoms with van der Waals surface area (Å²) in [6.45, 7) is 32.4. The molecule has 4 aliphatic rings. The normalized spacial score (nSPS) is 27.7. The van der Waals surface area contributed by atoms with Gasteiger partial charge in [0, 0.05) is 73.4 Å². The Morgan fingerprint density at radius 1 is 0.424 bits per heavy atom. The lowest BCUT2D eigenvalue weighted by Crippen LogP contribution is -2.68. The lowest BCUT2D eigenvalue weighted by atomic mass is 9.74. The first-order valence-electron chi connectivity index (χ1n) is 21.8. The number of nitrogens with zero attached hydrogens (tertiary/aromatic N) is 9. The van der Waals surface area contributed by atoms with Gasteiger partial charge in [0.05, 0.1) is 0 Å². The number of hydrogen-bond donors (Lipinski definition) is 0. The highest BCUT2D eigenvalue weighted by Gasteiger charge is 2.56. The molecule has 0 atom stereocenters. The Morgan fingerprint density at radius 2 is 0.661 bits per heavy atom. The van der Waals surface area contributed by atoms with E-state index in [9.17, 15) is 20.8 Å². The first kappa shape index (κ1) is 46.4. The predicted octanol–water partition coefficient (Wildman–Crippen LogP) is 9.10. The fraction of sp³-hybridized carbons (Fsp3) is 0.800. The Kier molecular flexibility index (Phi) is 12.0. The van der Waals surface area contributed by atoms with Crippen molar-refractivity contribution >= 4 is 23.7 Å². The third-order valence-electron chi connectivity index (χ3n) is 13.9. The summed E-state index contributed by atoms with van der Waals surface area (Å²) in [5.74, 6) is 1.06. The van der Waals surface area contributed by atoms with Crippen molar-refractivity contribution in [3.63, 3.8) is 0 Å². The zero-order valence-corrected chi connectivity index (χ0v) is 39.7. The van der Waals surface area contributed by atoms with Gasteiger partial charge < -0.3 is 9.80 Å². The molecule has 13 nitrogen and oxygen atoms in total. The molecule has 0 aliphatic carbocycles. The Morgan fingerprint density at radius 3 is 0.898 bits per heavy atom. The Bertz CT molecular complexity index is 1560. The van der Waals surface area contributed by atoms with Crippen molar-refractivity contribution in [1.29, 1.82) is 0 Å². The Hall–Kier alpha value is -2.14. The van der Waals surface area contributed by atoms with Crippen molar-refractivity contribution in [2.24, 2.45) is 0 Å². The monoisotopic (exact) mass is 836 g/mol. The molecule has 59 heavy (non-hydrogen) atoms. The van der Waals surface area contributed by atoms with Crippen LogP contribution >= 0.6 is 11.8 Å². The van der Waals surface area contributed by atoms with E-state index in [1.165, 1.54) is 32.0 Å². The van der Waals surface area contributed by atoms with Crippen LogP contribution in [0.5, 0.6) is 0 Å². The second-order valence-electron chi connectivity index (χ2n) is 23.4. The maximum absolute atomic E-state index is 13.9. The van der Waals surface area contributed by atoms with Crippen LogP contribution in [0.3, 0.4) is 0 Å². The summed E-state index contributed by atoms with van der Waals surface area (Å²) in [7, 11) is 0. The topological polar surface area (TPSA) is 138 Å². The molecule has 2 aromatic rings. The molecule has 328 valence electrons. The molecule has 1 aromatic heterocycles. The third-order valence-corrected chi connectivity index (χ3v) is 14.7. The van der Waals surface area contributed by atoms with Crippen molar-refractivity contribution in [3.05, 3.63) is 30.3 Å². The van der Waals surface area contributed by atoms with Crippen LogP contribution in [0.1, 0.15) is 162 Å². The van der Waals surface area contributed by atoms with Crippen molar-refractivity contribution in [2.75, 3.05) is 9.80 Å². The van der Waals surface area contributed by atoms with Gasteiger partial charge in [0.2, 0.25) is 11.9 Å². The number of anilines is 2. The quantitative estimate of drug-likeness (QED) is 0.253. The van der Waals surface area contributed by atoms with Gasteiger partial charge in [-0.1, -0.05) is 18.2 Å². The van der Waals surface area contributed by atoms with E-state index >= 15 is 0 Å². The van der Waals surface area contributed by atoms with Crippen molar-refractivity contribution in [2.45, 2.75) is 241 Å². The fourth-order valence-electron chi connectivity index (χ4n) is 12.1. The van der Waals surface area contributed by atoms with Gasteiger partial charge in [0.15, 0.2) is 5.16 Å². The minimum atomic E-state index is -0.675. The molecule has 0 amide bonds. The fourth-order valence-corrected chi connectivity index (χ4v) is 12.8. The van der Waals surface area contributed by atoms with Crippen LogP contribution in [0.15, 0.2) is 40.4 Å². The molecule has 4 radical (unpaired) electrons. The SMILES string of the molecule is CC1(C)CC(N(c2nc(Sc3ccccc3)nc(N(C3CC(C)(C)N([O])C(C)(C)C3)C3CC(C)(C)N([O])C(C)(C)C3)n2)C2CC(C)(C)N([O])C(C)(C)C2)CC(C)(C)N1[O]. The number of rotatable bonds is 8. The first-order valence-corrected chi connectivity index (χ1v) is 22.6. The highest BCUT2D eigenvalue weighted by Crippen LogP contribution is 2.48. The maximum Gasteiger partial charge on any atom is 0.231 e. The first-order chi connectivity index (χ1) is 26.8. The van der Waals surface area contributed by atoms with Crippen LogP contribution < -0.4 is 9.80 Å². The molecule has 1 aromatic carbocycles. The Balaban J connectivity index is 1.61. The second-order valence-corrected chi connectivity index (χ2v) is 24.4. The summed E-state index contributed by atoms with van der Waals surface area (Å²) in [5, 5.41) is 61.0. The van der Waals surface area contributed by atoms with Crippen LogP contribution in [-0.4, -0.2) is 104 Å². The van der Waals surface area contributed by atoms with Gasteiger partial charge in [-0.2, -0.15) is 15.0 Å². The number of hydroxylamine groups is 8. The zero-order valence-electron chi connectivity index (χ0n) is 38.9. The van der Waals surface area contributed by atoms with Gasteiger partial charge in [-0.15, -0.1) is 41.1 Å².